The van der Waals surface area contributed by atoms with E-state index < -0.39 is 5.97 Å². The van der Waals surface area contributed by atoms with Gasteiger partial charge in [0, 0.05) is 5.56 Å². The van der Waals surface area contributed by atoms with Crippen LogP contribution in [0.1, 0.15) is 21.5 Å². The normalized spacial score (nSPS) is 15.3. The van der Waals surface area contributed by atoms with Gasteiger partial charge < -0.3 is 23.7 Å². The predicted molar refractivity (Wildman–Crippen MR) is 95.1 cm³/mol. The Balaban J connectivity index is 1.77. The first-order valence-corrected chi connectivity index (χ1v) is 8.34. The summed E-state index contributed by atoms with van der Waals surface area (Å²) in [5.41, 5.74) is 2.14. The third-order valence-corrected chi connectivity index (χ3v) is 4.13. The number of benzene rings is 2. The highest BCUT2D eigenvalue weighted by Gasteiger charge is 2.26. The van der Waals surface area contributed by atoms with Gasteiger partial charge in [-0.1, -0.05) is 12.1 Å². The van der Waals surface area contributed by atoms with Crippen molar-refractivity contribution in [2.75, 3.05) is 27.4 Å². The number of carbonyl (C=O) groups excluding carboxylic acids is 1. The quantitative estimate of drug-likeness (QED) is 0.533. The van der Waals surface area contributed by atoms with Gasteiger partial charge in [-0.05, 0) is 36.8 Å². The average Bonchev–Trinajstić information content (AvgIpc) is 3.50. The van der Waals surface area contributed by atoms with Gasteiger partial charge in [0.05, 0.1) is 20.8 Å². The lowest BCUT2D eigenvalue weighted by Gasteiger charge is -2.16. The topological polar surface area (TPSA) is 66.5 Å². The van der Waals surface area contributed by atoms with Crippen LogP contribution in [0.5, 0.6) is 17.2 Å². The number of epoxide rings is 1. The maximum atomic E-state index is 12.0. The summed E-state index contributed by atoms with van der Waals surface area (Å²) in [4.78, 5) is 12.0. The van der Waals surface area contributed by atoms with Crippen LogP contribution in [0, 0.1) is 6.92 Å². The number of carbonyl (C=O) groups is 1. The van der Waals surface area contributed by atoms with E-state index in [2.05, 4.69) is 0 Å². The molecule has 0 unspecified atom stereocenters. The van der Waals surface area contributed by atoms with Crippen molar-refractivity contribution in [3.63, 3.8) is 0 Å². The first kappa shape index (κ1) is 18.1. The fourth-order valence-corrected chi connectivity index (χ4v) is 2.51. The molecule has 1 heterocycles. The van der Waals surface area contributed by atoms with E-state index in [1.807, 2.05) is 31.2 Å². The molecule has 0 spiro atoms. The van der Waals surface area contributed by atoms with Crippen LogP contribution < -0.4 is 14.2 Å². The fourth-order valence-electron chi connectivity index (χ4n) is 2.51. The van der Waals surface area contributed by atoms with Gasteiger partial charge in [0.2, 0.25) is 0 Å². The van der Waals surface area contributed by atoms with E-state index in [1.165, 1.54) is 7.11 Å². The van der Waals surface area contributed by atoms with E-state index in [9.17, 15) is 4.79 Å². The lowest BCUT2D eigenvalue weighted by atomic mass is 10.1. The molecule has 2 aromatic rings. The van der Waals surface area contributed by atoms with Crippen LogP contribution in [-0.2, 0) is 16.1 Å². The maximum Gasteiger partial charge on any atom is 0.341 e. The SMILES string of the molecule is COC(=O)c1ccc(OCc2ccc(OC)cc2)c(C)c1OC[C@@H]1CO1. The van der Waals surface area contributed by atoms with Crippen LogP contribution >= 0.6 is 0 Å². The Kier molecular flexibility index (Phi) is 5.63. The second-order valence-corrected chi connectivity index (χ2v) is 5.96. The number of ether oxygens (including phenoxy) is 5. The van der Waals surface area contributed by atoms with Crippen LogP contribution in [0.15, 0.2) is 36.4 Å². The third kappa shape index (κ3) is 4.26. The Bertz CT molecular complexity index is 765. The standard InChI is InChI=1S/C20H22O6/c1-13-18(25-10-14-4-6-15(22-2)7-5-14)9-8-17(20(21)23-3)19(13)26-12-16-11-24-16/h4-9,16H,10-12H2,1-3H3/t16-/m0/s1. The van der Waals surface area contributed by atoms with Crippen LogP contribution in [-0.4, -0.2) is 39.5 Å². The molecule has 6 heteroatoms. The molecule has 0 bridgehead atoms. The number of methoxy groups -OCH3 is 2. The summed E-state index contributed by atoms with van der Waals surface area (Å²) in [5, 5.41) is 0. The number of hydrogen-bond donors (Lipinski definition) is 0. The van der Waals surface area contributed by atoms with Gasteiger partial charge in [0.25, 0.3) is 0 Å². The second-order valence-electron chi connectivity index (χ2n) is 5.96. The minimum atomic E-state index is -0.443. The van der Waals surface area contributed by atoms with Crippen LogP contribution in [0.2, 0.25) is 0 Å². The van der Waals surface area contributed by atoms with Crippen molar-refractivity contribution in [1.82, 2.24) is 0 Å². The van der Waals surface area contributed by atoms with Gasteiger partial charge in [-0.15, -0.1) is 0 Å². The monoisotopic (exact) mass is 358 g/mol. The van der Waals surface area contributed by atoms with E-state index in [0.29, 0.717) is 36.9 Å². The molecule has 6 nitrogen and oxygen atoms in total. The molecule has 2 aromatic carbocycles. The Morgan fingerprint density at radius 1 is 1.12 bits per heavy atom. The molecule has 1 saturated heterocycles. The highest BCUT2D eigenvalue weighted by molar-refractivity contribution is 5.93. The molecule has 0 aromatic heterocycles. The Morgan fingerprint density at radius 2 is 1.85 bits per heavy atom. The lowest BCUT2D eigenvalue weighted by molar-refractivity contribution is 0.0595. The minimum Gasteiger partial charge on any atom is -0.497 e. The molecule has 0 radical (unpaired) electrons. The van der Waals surface area contributed by atoms with Crippen LogP contribution in [0.4, 0.5) is 0 Å². The van der Waals surface area contributed by atoms with Crippen LogP contribution in [0.25, 0.3) is 0 Å². The highest BCUT2D eigenvalue weighted by atomic mass is 16.6. The lowest BCUT2D eigenvalue weighted by Crippen LogP contribution is -2.11. The van der Waals surface area contributed by atoms with E-state index in [0.717, 1.165) is 16.9 Å². The summed E-state index contributed by atoms with van der Waals surface area (Å²) in [6.07, 6.45) is 0.0868. The molecule has 0 aliphatic carbocycles. The third-order valence-electron chi connectivity index (χ3n) is 4.13. The van der Waals surface area contributed by atoms with E-state index >= 15 is 0 Å². The van der Waals surface area contributed by atoms with Crippen molar-refractivity contribution in [2.45, 2.75) is 19.6 Å². The Morgan fingerprint density at radius 3 is 2.46 bits per heavy atom. The van der Waals surface area contributed by atoms with E-state index in [4.69, 9.17) is 23.7 Å². The molecule has 1 fully saturated rings. The van der Waals surface area contributed by atoms with Crippen molar-refractivity contribution >= 4 is 5.97 Å². The molecule has 0 N–H and O–H groups in total. The second kappa shape index (κ2) is 8.10. The van der Waals surface area contributed by atoms with Crippen molar-refractivity contribution in [3.8, 4) is 17.2 Å². The smallest absolute Gasteiger partial charge is 0.341 e. The molecule has 1 aliphatic heterocycles. The first-order chi connectivity index (χ1) is 12.6. The summed E-state index contributed by atoms with van der Waals surface area (Å²) < 4.78 is 26.9. The van der Waals surface area contributed by atoms with E-state index in [1.54, 1.807) is 19.2 Å². The summed E-state index contributed by atoms with van der Waals surface area (Å²) in [5.74, 6) is 1.48. The largest absolute Gasteiger partial charge is 0.497 e. The zero-order valence-electron chi connectivity index (χ0n) is 15.1. The maximum absolute atomic E-state index is 12.0. The van der Waals surface area contributed by atoms with Crippen molar-refractivity contribution in [3.05, 3.63) is 53.1 Å². The van der Waals surface area contributed by atoms with E-state index in [-0.39, 0.29) is 6.10 Å². The molecule has 138 valence electrons. The Hall–Kier alpha value is -2.73. The summed E-state index contributed by atoms with van der Waals surface area (Å²) in [6, 6.07) is 11.1. The average molecular weight is 358 g/mol. The summed E-state index contributed by atoms with van der Waals surface area (Å²) in [6.45, 7) is 3.33. The minimum absolute atomic E-state index is 0.0868. The molecular formula is C20H22O6. The molecule has 1 atom stereocenters. The number of rotatable bonds is 8. The van der Waals surface area contributed by atoms with Crippen molar-refractivity contribution < 1.29 is 28.5 Å². The molecule has 0 amide bonds. The fraction of sp³-hybridized carbons (Fsp3) is 0.350. The van der Waals surface area contributed by atoms with Gasteiger partial charge in [-0.3, -0.25) is 0 Å². The molecule has 26 heavy (non-hydrogen) atoms. The van der Waals surface area contributed by atoms with Crippen molar-refractivity contribution in [2.24, 2.45) is 0 Å². The van der Waals surface area contributed by atoms with Gasteiger partial charge in [0.1, 0.15) is 42.1 Å². The molecule has 1 aliphatic rings. The van der Waals surface area contributed by atoms with Gasteiger partial charge in [-0.2, -0.15) is 0 Å². The summed E-state index contributed by atoms with van der Waals surface area (Å²) >= 11 is 0. The van der Waals surface area contributed by atoms with Gasteiger partial charge in [0.15, 0.2) is 0 Å². The number of esters is 1. The number of hydrogen-bond acceptors (Lipinski definition) is 6. The zero-order chi connectivity index (χ0) is 18.5. The molecule has 3 rings (SSSR count). The first-order valence-electron chi connectivity index (χ1n) is 8.34. The highest BCUT2D eigenvalue weighted by Crippen LogP contribution is 2.33. The molecular weight excluding hydrogens is 336 g/mol. The van der Waals surface area contributed by atoms with Crippen molar-refractivity contribution in [1.29, 1.82) is 0 Å². The summed E-state index contributed by atoms with van der Waals surface area (Å²) in [7, 11) is 2.98. The Labute approximate surface area is 152 Å². The van der Waals surface area contributed by atoms with Gasteiger partial charge >= 0.3 is 5.97 Å². The van der Waals surface area contributed by atoms with Gasteiger partial charge in [-0.25, -0.2) is 4.79 Å². The zero-order valence-corrected chi connectivity index (χ0v) is 15.1. The predicted octanol–water partition coefficient (Wildman–Crippen LogP) is 3.15. The van der Waals surface area contributed by atoms with Crippen LogP contribution in [0.3, 0.4) is 0 Å². The molecule has 0 saturated carbocycles.